The van der Waals surface area contributed by atoms with Crippen LogP contribution in [0.4, 0.5) is 0 Å². The molecule has 0 fully saturated rings. The number of rotatable bonds is 4. The molecule has 0 radical (unpaired) electrons. The Labute approximate surface area is 123 Å². The van der Waals surface area contributed by atoms with Gasteiger partial charge in [0, 0.05) is 11.3 Å². The zero-order chi connectivity index (χ0) is 14.7. The third kappa shape index (κ3) is 2.59. The van der Waals surface area contributed by atoms with Crippen LogP contribution >= 0.6 is 0 Å². The van der Waals surface area contributed by atoms with Gasteiger partial charge in [0.1, 0.15) is 0 Å². The largest absolute Gasteiger partial charge is 0.272 e. The second kappa shape index (κ2) is 5.92. The molecule has 3 nitrogen and oxygen atoms in total. The summed E-state index contributed by atoms with van der Waals surface area (Å²) in [6.45, 7) is 2.17. The van der Waals surface area contributed by atoms with E-state index in [4.69, 9.17) is 0 Å². The van der Waals surface area contributed by atoms with E-state index in [1.165, 1.54) is 5.56 Å². The van der Waals surface area contributed by atoms with Gasteiger partial charge in [-0.25, -0.2) is 5.10 Å². The number of aromatic amines is 1. The van der Waals surface area contributed by atoms with Crippen LogP contribution in [-0.4, -0.2) is 10.2 Å². The van der Waals surface area contributed by atoms with Crippen molar-refractivity contribution in [1.29, 1.82) is 0 Å². The van der Waals surface area contributed by atoms with E-state index in [-0.39, 0.29) is 11.5 Å². The van der Waals surface area contributed by atoms with Gasteiger partial charge in [-0.3, -0.25) is 4.79 Å². The van der Waals surface area contributed by atoms with Crippen LogP contribution in [0.15, 0.2) is 59.4 Å². The Morgan fingerprint density at radius 2 is 1.67 bits per heavy atom. The average molecular weight is 278 g/mol. The van der Waals surface area contributed by atoms with E-state index in [1.54, 1.807) is 0 Å². The molecule has 1 N–H and O–H groups in total. The van der Waals surface area contributed by atoms with Gasteiger partial charge in [-0.2, -0.15) is 5.10 Å². The van der Waals surface area contributed by atoms with Gasteiger partial charge in [0.05, 0.1) is 11.1 Å². The quantitative estimate of drug-likeness (QED) is 0.787. The molecule has 0 aliphatic heterocycles. The summed E-state index contributed by atoms with van der Waals surface area (Å²) in [6, 6.07) is 18.1. The third-order valence-corrected chi connectivity index (χ3v) is 3.83. The molecule has 0 amide bonds. The Bertz CT molecular complexity index is 793. The zero-order valence-corrected chi connectivity index (χ0v) is 12.0. The van der Waals surface area contributed by atoms with E-state index in [1.807, 2.05) is 42.5 Å². The maximum atomic E-state index is 11.9. The number of H-pyrrole nitrogens is 1. The molecule has 0 saturated heterocycles. The Kier molecular flexibility index (Phi) is 3.82. The molecule has 106 valence electrons. The predicted molar refractivity (Wildman–Crippen MR) is 85.6 cm³/mol. The highest BCUT2D eigenvalue weighted by molar-refractivity contribution is 5.84. The predicted octanol–water partition coefficient (Wildman–Crippen LogP) is 3.86. The molecule has 0 spiro atoms. The molecular formula is C18H18N2O. The molecule has 0 saturated carbocycles. The Morgan fingerprint density at radius 3 is 2.38 bits per heavy atom. The van der Waals surface area contributed by atoms with Crippen molar-refractivity contribution in [2.45, 2.75) is 25.7 Å². The second-order valence-corrected chi connectivity index (χ2v) is 5.24. The van der Waals surface area contributed by atoms with Gasteiger partial charge in [-0.05, 0) is 18.1 Å². The van der Waals surface area contributed by atoms with Crippen LogP contribution in [0.3, 0.4) is 0 Å². The Morgan fingerprint density at radius 1 is 1.00 bits per heavy atom. The Hall–Kier alpha value is -2.42. The maximum absolute atomic E-state index is 11.9. The van der Waals surface area contributed by atoms with Crippen molar-refractivity contribution >= 4 is 10.8 Å². The SMILES string of the molecule is CCCC(c1ccccc1)c1n[nH]c(=O)c2ccccc12. The summed E-state index contributed by atoms with van der Waals surface area (Å²) in [5.74, 6) is 0.206. The molecule has 0 aliphatic carbocycles. The van der Waals surface area contributed by atoms with Gasteiger partial charge in [0.25, 0.3) is 5.56 Å². The highest BCUT2D eigenvalue weighted by Gasteiger charge is 2.18. The van der Waals surface area contributed by atoms with E-state index >= 15 is 0 Å². The van der Waals surface area contributed by atoms with Crippen molar-refractivity contribution in [3.63, 3.8) is 0 Å². The van der Waals surface area contributed by atoms with Crippen LogP contribution in [-0.2, 0) is 0 Å². The first-order chi connectivity index (χ1) is 10.3. The van der Waals surface area contributed by atoms with Crippen LogP contribution in [0.1, 0.15) is 36.9 Å². The van der Waals surface area contributed by atoms with Crippen LogP contribution in [0.5, 0.6) is 0 Å². The maximum Gasteiger partial charge on any atom is 0.272 e. The first-order valence-electron chi connectivity index (χ1n) is 7.33. The highest BCUT2D eigenvalue weighted by Crippen LogP contribution is 2.31. The minimum Gasteiger partial charge on any atom is -0.267 e. The van der Waals surface area contributed by atoms with Crippen molar-refractivity contribution < 1.29 is 0 Å². The summed E-state index contributed by atoms with van der Waals surface area (Å²) in [5, 5.41) is 8.67. The molecule has 21 heavy (non-hydrogen) atoms. The van der Waals surface area contributed by atoms with Gasteiger partial charge >= 0.3 is 0 Å². The minimum atomic E-state index is -0.127. The second-order valence-electron chi connectivity index (χ2n) is 5.24. The van der Waals surface area contributed by atoms with Gasteiger partial charge in [-0.15, -0.1) is 0 Å². The number of nitrogens with one attached hydrogen (secondary N) is 1. The first kappa shape index (κ1) is 13.6. The van der Waals surface area contributed by atoms with Crippen molar-refractivity contribution in [2.24, 2.45) is 0 Å². The number of nitrogens with zero attached hydrogens (tertiary/aromatic N) is 1. The van der Waals surface area contributed by atoms with Gasteiger partial charge < -0.3 is 0 Å². The lowest BCUT2D eigenvalue weighted by Gasteiger charge is -2.17. The highest BCUT2D eigenvalue weighted by atomic mass is 16.1. The summed E-state index contributed by atoms with van der Waals surface area (Å²) in [7, 11) is 0. The lowest BCUT2D eigenvalue weighted by atomic mass is 9.89. The monoisotopic (exact) mass is 278 g/mol. The molecule has 1 heterocycles. The van der Waals surface area contributed by atoms with Crippen molar-refractivity contribution in [2.75, 3.05) is 0 Å². The molecule has 0 bridgehead atoms. The Balaban J connectivity index is 2.21. The topological polar surface area (TPSA) is 45.8 Å². The summed E-state index contributed by atoms with van der Waals surface area (Å²) in [5.41, 5.74) is 2.07. The number of benzene rings is 2. The lowest BCUT2D eigenvalue weighted by molar-refractivity contribution is 0.673. The number of hydrogen-bond donors (Lipinski definition) is 1. The van der Waals surface area contributed by atoms with Crippen LogP contribution in [0.2, 0.25) is 0 Å². The summed E-state index contributed by atoms with van der Waals surface area (Å²) in [6.07, 6.45) is 2.07. The fraction of sp³-hybridized carbons (Fsp3) is 0.222. The van der Waals surface area contributed by atoms with Crippen LogP contribution < -0.4 is 5.56 Å². The summed E-state index contributed by atoms with van der Waals surface area (Å²) in [4.78, 5) is 11.9. The van der Waals surface area contributed by atoms with Gasteiger partial charge in [0.15, 0.2) is 0 Å². The molecular weight excluding hydrogens is 260 g/mol. The van der Waals surface area contributed by atoms with Crippen LogP contribution in [0.25, 0.3) is 10.8 Å². The molecule has 1 aromatic heterocycles. The minimum absolute atomic E-state index is 0.127. The molecule has 3 heteroatoms. The molecule has 3 rings (SSSR count). The number of hydrogen-bond acceptors (Lipinski definition) is 2. The van der Waals surface area contributed by atoms with E-state index in [2.05, 4.69) is 29.3 Å². The average Bonchev–Trinajstić information content (AvgIpc) is 2.55. The number of fused-ring (bicyclic) bond motifs is 1. The summed E-state index contributed by atoms with van der Waals surface area (Å²) < 4.78 is 0. The zero-order valence-electron chi connectivity index (χ0n) is 12.0. The van der Waals surface area contributed by atoms with Gasteiger partial charge in [0.2, 0.25) is 0 Å². The summed E-state index contributed by atoms with van der Waals surface area (Å²) >= 11 is 0. The molecule has 2 aromatic carbocycles. The fourth-order valence-corrected chi connectivity index (χ4v) is 2.84. The molecule has 3 aromatic rings. The fourth-order valence-electron chi connectivity index (χ4n) is 2.84. The van der Waals surface area contributed by atoms with E-state index < -0.39 is 0 Å². The number of aromatic nitrogens is 2. The van der Waals surface area contributed by atoms with Crippen molar-refractivity contribution in [3.8, 4) is 0 Å². The molecule has 0 aliphatic rings. The first-order valence-corrected chi connectivity index (χ1v) is 7.33. The van der Waals surface area contributed by atoms with Crippen LogP contribution in [0, 0.1) is 0 Å². The third-order valence-electron chi connectivity index (χ3n) is 3.83. The van der Waals surface area contributed by atoms with Crippen molar-refractivity contribution in [3.05, 3.63) is 76.2 Å². The van der Waals surface area contributed by atoms with E-state index in [9.17, 15) is 4.79 Å². The molecule has 1 atom stereocenters. The smallest absolute Gasteiger partial charge is 0.267 e. The normalized spacial score (nSPS) is 12.4. The molecule has 1 unspecified atom stereocenters. The van der Waals surface area contributed by atoms with E-state index in [0.29, 0.717) is 5.39 Å². The lowest BCUT2D eigenvalue weighted by Crippen LogP contribution is -2.14. The van der Waals surface area contributed by atoms with Crippen molar-refractivity contribution in [1.82, 2.24) is 10.2 Å². The standard InChI is InChI=1S/C18H18N2O/c1-2-8-14(13-9-4-3-5-10-13)17-15-11-6-7-12-16(15)18(21)20-19-17/h3-7,9-12,14H,2,8H2,1H3,(H,20,21). The van der Waals surface area contributed by atoms with E-state index in [0.717, 1.165) is 23.9 Å². The van der Waals surface area contributed by atoms with Gasteiger partial charge in [-0.1, -0.05) is 61.9 Å².